The molecule has 1 fully saturated rings. The van der Waals surface area contributed by atoms with Crippen LogP contribution in [-0.2, 0) is 14.3 Å². The summed E-state index contributed by atoms with van der Waals surface area (Å²) in [5.41, 5.74) is -0.639. The van der Waals surface area contributed by atoms with Crippen molar-refractivity contribution in [3.05, 3.63) is 0 Å². The summed E-state index contributed by atoms with van der Waals surface area (Å²) in [5.74, 6) is -1.00. The molecule has 1 N–H and O–H groups in total. The van der Waals surface area contributed by atoms with Crippen molar-refractivity contribution in [2.75, 3.05) is 13.7 Å². The number of hydrogen-bond donors (Lipinski definition) is 1. The van der Waals surface area contributed by atoms with E-state index in [-0.39, 0.29) is 6.04 Å². The van der Waals surface area contributed by atoms with E-state index in [1.54, 1.807) is 20.8 Å². The second-order valence-corrected chi connectivity index (χ2v) is 5.43. The standard InChI is InChI=1S/C12H21NO5/c1-12(2,3)18-11(16)13-8(7-17-4)5-6-9(13)10(14)15/h8-9H,5-7H2,1-4H3,(H,14,15)/t8-,9-/m1/s1. The van der Waals surface area contributed by atoms with Crippen LogP contribution in [0.2, 0.25) is 0 Å². The first-order valence-corrected chi connectivity index (χ1v) is 5.99. The molecule has 0 aliphatic carbocycles. The van der Waals surface area contributed by atoms with Crippen molar-refractivity contribution < 1.29 is 24.2 Å². The third-order valence-corrected chi connectivity index (χ3v) is 2.75. The molecule has 2 atom stereocenters. The Hall–Kier alpha value is -1.30. The van der Waals surface area contributed by atoms with Crippen LogP contribution in [-0.4, -0.2) is 53.5 Å². The van der Waals surface area contributed by atoms with Crippen LogP contribution < -0.4 is 0 Å². The lowest BCUT2D eigenvalue weighted by molar-refractivity contribution is -0.142. The molecule has 6 heteroatoms. The fourth-order valence-corrected chi connectivity index (χ4v) is 2.07. The molecule has 1 amide bonds. The Balaban J connectivity index is 2.82. The van der Waals surface area contributed by atoms with Crippen LogP contribution in [0.5, 0.6) is 0 Å². The molecule has 1 aliphatic rings. The first-order valence-electron chi connectivity index (χ1n) is 5.99. The number of carboxylic acids is 1. The average molecular weight is 259 g/mol. The minimum Gasteiger partial charge on any atom is -0.480 e. The molecule has 6 nitrogen and oxygen atoms in total. The zero-order valence-corrected chi connectivity index (χ0v) is 11.3. The Morgan fingerprint density at radius 1 is 1.33 bits per heavy atom. The smallest absolute Gasteiger partial charge is 0.411 e. The van der Waals surface area contributed by atoms with Gasteiger partial charge in [0.1, 0.15) is 11.6 Å². The molecule has 1 saturated heterocycles. The summed E-state index contributed by atoms with van der Waals surface area (Å²) in [6.45, 7) is 5.58. The van der Waals surface area contributed by atoms with E-state index in [9.17, 15) is 9.59 Å². The van der Waals surface area contributed by atoms with Crippen LogP contribution in [0, 0.1) is 0 Å². The van der Waals surface area contributed by atoms with Crippen LogP contribution >= 0.6 is 0 Å². The van der Waals surface area contributed by atoms with Crippen molar-refractivity contribution in [2.24, 2.45) is 0 Å². The molecule has 0 unspecified atom stereocenters. The molecular formula is C12H21NO5. The van der Waals surface area contributed by atoms with Gasteiger partial charge >= 0.3 is 12.1 Å². The number of carboxylic acid groups (broad SMARTS) is 1. The van der Waals surface area contributed by atoms with E-state index in [2.05, 4.69) is 0 Å². The molecule has 1 rings (SSSR count). The van der Waals surface area contributed by atoms with E-state index in [0.717, 1.165) is 0 Å². The van der Waals surface area contributed by atoms with Gasteiger partial charge in [0.25, 0.3) is 0 Å². The van der Waals surface area contributed by atoms with Gasteiger partial charge in [-0.15, -0.1) is 0 Å². The Labute approximate surface area is 107 Å². The summed E-state index contributed by atoms with van der Waals surface area (Å²) in [6.07, 6.45) is 0.460. The lowest BCUT2D eigenvalue weighted by Gasteiger charge is -2.30. The van der Waals surface area contributed by atoms with Crippen molar-refractivity contribution in [3.63, 3.8) is 0 Å². The molecule has 1 heterocycles. The number of ether oxygens (including phenoxy) is 2. The van der Waals surface area contributed by atoms with Crippen molar-refractivity contribution >= 4 is 12.1 Å². The third kappa shape index (κ3) is 3.60. The maximum Gasteiger partial charge on any atom is 0.411 e. The predicted octanol–water partition coefficient (Wildman–Crippen LogP) is 1.49. The SMILES string of the molecule is COC[C@H]1CC[C@H](C(=O)O)N1C(=O)OC(C)(C)C. The van der Waals surface area contributed by atoms with Crippen LogP contribution in [0.3, 0.4) is 0 Å². The van der Waals surface area contributed by atoms with Crippen molar-refractivity contribution in [3.8, 4) is 0 Å². The molecule has 0 radical (unpaired) electrons. The molecule has 0 aromatic rings. The van der Waals surface area contributed by atoms with Gasteiger partial charge in [0.2, 0.25) is 0 Å². The lowest BCUT2D eigenvalue weighted by Crippen LogP contribution is -2.48. The highest BCUT2D eigenvalue weighted by Gasteiger charge is 2.42. The molecule has 1 aliphatic heterocycles. The number of aliphatic carboxylic acids is 1. The van der Waals surface area contributed by atoms with Crippen LogP contribution in [0.4, 0.5) is 4.79 Å². The lowest BCUT2D eigenvalue weighted by atomic mass is 10.2. The third-order valence-electron chi connectivity index (χ3n) is 2.75. The molecule has 0 aromatic heterocycles. The van der Waals surface area contributed by atoms with E-state index in [4.69, 9.17) is 14.6 Å². The topological polar surface area (TPSA) is 76.1 Å². The highest BCUT2D eigenvalue weighted by molar-refractivity contribution is 5.81. The summed E-state index contributed by atoms with van der Waals surface area (Å²) in [7, 11) is 1.53. The summed E-state index contributed by atoms with van der Waals surface area (Å²) in [5, 5.41) is 9.13. The zero-order chi connectivity index (χ0) is 13.9. The maximum atomic E-state index is 12.0. The molecule has 0 bridgehead atoms. The first-order chi connectivity index (χ1) is 8.26. The number of nitrogens with zero attached hydrogens (tertiary/aromatic N) is 1. The molecule has 0 aromatic carbocycles. The number of carbonyl (C=O) groups excluding carboxylic acids is 1. The van der Waals surface area contributed by atoms with Gasteiger partial charge in [-0.05, 0) is 33.6 Å². The van der Waals surface area contributed by atoms with Gasteiger partial charge in [-0.25, -0.2) is 9.59 Å². The summed E-state index contributed by atoms with van der Waals surface area (Å²) in [4.78, 5) is 24.5. The molecular weight excluding hydrogens is 238 g/mol. The number of amides is 1. The highest BCUT2D eigenvalue weighted by Crippen LogP contribution is 2.27. The predicted molar refractivity (Wildman–Crippen MR) is 64.4 cm³/mol. The monoisotopic (exact) mass is 259 g/mol. The summed E-state index contributed by atoms with van der Waals surface area (Å²) in [6, 6.07) is -1.05. The van der Waals surface area contributed by atoms with Crippen molar-refractivity contribution in [2.45, 2.75) is 51.3 Å². The Kier molecular flexibility index (Phi) is 4.56. The molecule has 0 spiro atoms. The number of likely N-dealkylation sites (tertiary alicyclic amines) is 1. The minimum atomic E-state index is -1.00. The second kappa shape index (κ2) is 5.56. The molecule has 18 heavy (non-hydrogen) atoms. The van der Waals surface area contributed by atoms with Crippen molar-refractivity contribution in [1.29, 1.82) is 0 Å². The van der Waals surface area contributed by atoms with Gasteiger partial charge in [-0.3, -0.25) is 4.90 Å². The van der Waals surface area contributed by atoms with Gasteiger partial charge in [0.15, 0.2) is 0 Å². The summed E-state index contributed by atoms with van der Waals surface area (Å²) < 4.78 is 10.3. The number of carbonyl (C=O) groups is 2. The molecule has 104 valence electrons. The van der Waals surface area contributed by atoms with E-state index in [1.807, 2.05) is 0 Å². The van der Waals surface area contributed by atoms with Gasteiger partial charge < -0.3 is 14.6 Å². The largest absolute Gasteiger partial charge is 0.480 e. The second-order valence-electron chi connectivity index (χ2n) is 5.43. The first kappa shape index (κ1) is 14.8. The number of rotatable bonds is 3. The maximum absolute atomic E-state index is 12.0. The minimum absolute atomic E-state index is 0.231. The van der Waals surface area contributed by atoms with Crippen LogP contribution in [0.15, 0.2) is 0 Å². The van der Waals surface area contributed by atoms with Gasteiger partial charge in [-0.1, -0.05) is 0 Å². The van der Waals surface area contributed by atoms with Crippen LogP contribution in [0.25, 0.3) is 0 Å². The number of methoxy groups -OCH3 is 1. The number of hydrogen-bond acceptors (Lipinski definition) is 4. The quantitative estimate of drug-likeness (QED) is 0.831. The summed E-state index contributed by atoms with van der Waals surface area (Å²) >= 11 is 0. The fourth-order valence-electron chi connectivity index (χ4n) is 2.07. The zero-order valence-electron chi connectivity index (χ0n) is 11.3. The van der Waals surface area contributed by atoms with E-state index < -0.39 is 23.7 Å². The van der Waals surface area contributed by atoms with Gasteiger partial charge in [-0.2, -0.15) is 0 Å². The average Bonchev–Trinajstić information content (AvgIpc) is 2.59. The van der Waals surface area contributed by atoms with Crippen molar-refractivity contribution in [1.82, 2.24) is 4.90 Å². The Morgan fingerprint density at radius 2 is 1.94 bits per heavy atom. The fraction of sp³-hybridized carbons (Fsp3) is 0.833. The van der Waals surface area contributed by atoms with E-state index in [0.29, 0.717) is 19.4 Å². The molecule has 0 saturated carbocycles. The normalized spacial score (nSPS) is 24.1. The van der Waals surface area contributed by atoms with Crippen LogP contribution in [0.1, 0.15) is 33.6 Å². The van der Waals surface area contributed by atoms with Gasteiger partial charge in [0.05, 0.1) is 12.6 Å². The Morgan fingerprint density at radius 3 is 2.39 bits per heavy atom. The van der Waals surface area contributed by atoms with E-state index >= 15 is 0 Å². The van der Waals surface area contributed by atoms with E-state index in [1.165, 1.54) is 12.0 Å². The highest BCUT2D eigenvalue weighted by atomic mass is 16.6. The van der Waals surface area contributed by atoms with Gasteiger partial charge in [0, 0.05) is 7.11 Å². The Bertz CT molecular complexity index is 323.